The van der Waals surface area contributed by atoms with Crippen LogP contribution in [0.3, 0.4) is 0 Å². The van der Waals surface area contributed by atoms with Crippen molar-refractivity contribution in [1.82, 2.24) is 10.2 Å². The highest BCUT2D eigenvalue weighted by Crippen LogP contribution is 2.13. The van der Waals surface area contributed by atoms with Gasteiger partial charge < -0.3 is 10.2 Å². The lowest BCUT2D eigenvalue weighted by Gasteiger charge is -2.33. The number of amides is 1. The molecule has 0 bridgehead atoms. The van der Waals surface area contributed by atoms with E-state index in [1.807, 2.05) is 44.4 Å². The maximum absolute atomic E-state index is 12.3. The van der Waals surface area contributed by atoms with Gasteiger partial charge in [-0.25, -0.2) is 0 Å². The topological polar surface area (TPSA) is 35.6 Å². The SMILES string of the molecule is CNC1CCCN(CC(=O)N(C)c2ccccc2)C1.Cl. The molecule has 2 rings (SSSR count). The summed E-state index contributed by atoms with van der Waals surface area (Å²) < 4.78 is 0. The normalized spacial score (nSPS) is 19.2. The van der Waals surface area contributed by atoms with Gasteiger partial charge in [0.05, 0.1) is 6.54 Å². The van der Waals surface area contributed by atoms with Gasteiger partial charge in [0, 0.05) is 25.3 Å². The molecule has 1 saturated heterocycles. The Balaban J connectivity index is 0.00000200. The highest BCUT2D eigenvalue weighted by Gasteiger charge is 2.21. The number of hydrogen-bond acceptors (Lipinski definition) is 3. The number of nitrogens with zero attached hydrogens (tertiary/aromatic N) is 2. The first-order chi connectivity index (χ1) is 9.20. The van der Waals surface area contributed by atoms with Crippen LogP contribution in [0.4, 0.5) is 5.69 Å². The predicted molar refractivity (Wildman–Crippen MR) is 85.6 cm³/mol. The minimum absolute atomic E-state index is 0. The molecule has 0 spiro atoms. The molecule has 1 atom stereocenters. The zero-order valence-electron chi connectivity index (χ0n) is 12.2. The molecule has 0 aromatic heterocycles. The quantitative estimate of drug-likeness (QED) is 0.920. The van der Waals surface area contributed by atoms with Crippen molar-refractivity contribution < 1.29 is 4.79 Å². The molecule has 0 radical (unpaired) electrons. The second-order valence-corrected chi connectivity index (χ2v) is 5.15. The number of likely N-dealkylation sites (N-methyl/N-ethyl adjacent to an activating group) is 2. The number of likely N-dealkylation sites (tertiary alicyclic amines) is 1. The second-order valence-electron chi connectivity index (χ2n) is 5.15. The van der Waals surface area contributed by atoms with E-state index in [4.69, 9.17) is 0 Å². The minimum Gasteiger partial charge on any atom is -0.316 e. The zero-order valence-corrected chi connectivity index (χ0v) is 13.0. The Bertz CT molecular complexity index is 413. The van der Waals surface area contributed by atoms with Gasteiger partial charge in [0.2, 0.25) is 5.91 Å². The molecular weight excluding hydrogens is 274 g/mol. The first-order valence-corrected chi connectivity index (χ1v) is 6.92. The van der Waals surface area contributed by atoms with Crippen molar-refractivity contribution >= 4 is 24.0 Å². The molecule has 5 heteroatoms. The lowest BCUT2D eigenvalue weighted by molar-refractivity contribution is -0.119. The smallest absolute Gasteiger partial charge is 0.240 e. The van der Waals surface area contributed by atoms with Crippen LogP contribution in [0.2, 0.25) is 0 Å². The fourth-order valence-electron chi connectivity index (χ4n) is 2.53. The van der Waals surface area contributed by atoms with Gasteiger partial charge in [-0.1, -0.05) is 18.2 Å². The third-order valence-corrected chi connectivity index (χ3v) is 3.79. The molecule has 1 aromatic rings. The van der Waals surface area contributed by atoms with E-state index in [0.717, 1.165) is 25.2 Å². The van der Waals surface area contributed by atoms with Crippen LogP contribution in [0, 0.1) is 0 Å². The van der Waals surface area contributed by atoms with Gasteiger partial charge in [-0.2, -0.15) is 0 Å². The standard InChI is InChI=1S/C15H23N3O.ClH/c1-16-13-7-6-10-18(11-13)12-15(19)17(2)14-8-4-3-5-9-14;/h3-5,8-9,13,16H,6-7,10-12H2,1-2H3;1H. The van der Waals surface area contributed by atoms with E-state index in [2.05, 4.69) is 10.2 Å². The van der Waals surface area contributed by atoms with Crippen molar-refractivity contribution in [2.45, 2.75) is 18.9 Å². The second kappa shape index (κ2) is 8.25. The number of hydrogen-bond donors (Lipinski definition) is 1. The van der Waals surface area contributed by atoms with Crippen molar-refractivity contribution in [3.8, 4) is 0 Å². The summed E-state index contributed by atoms with van der Waals surface area (Å²) in [6.07, 6.45) is 2.36. The molecule has 4 nitrogen and oxygen atoms in total. The molecule has 1 aliphatic heterocycles. The van der Waals surface area contributed by atoms with E-state index in [9.17, 15) is 4.79 Å². The molecule has 1 aliphatic rings. The molecular formula is C15H24ClN3O. The van der Waals surface area contributed by atoms with Gasteiger partial charge in [0.1, 0.15) is 0 Å². The maximum Gasteiger partial charge on any atom is 0.240 e. The molecule has 0 saturated carbocycles. The summed E-state index contributed by atoms with van der Waals surface area (Å²) in [6.45, 7) is 2.49. The largest absolute Gasteiger partial charge is 0.316 e. The van der Waals surface area contributed by atoms with Gasteiger partial charge in [0.25, 0.3) is 0 Å². The molecule has 20 heavy (non-hydrogen) atoms. The molecule has 1 fully saturated rings. The molecule has 1 aromatic carbocycles. The van der Waals surface area contributed by atoms with Crippen LogP contribution in [0.5, 0.6) is 0 Å². The van der Waals surface area contributed by atoms with Crippen LogP contribution >= 0.6 is 12.4 Å². The van der Waals surface area contributed by atoms with E-state index in [0.29, 0.717) is 12.6 Å². The van der Waals surface area contributed by atoms with E-state index in [1.54, 1.807) is 4.90 Å². The summed E-state index contributed by atoms with van der Waals surface area (Å²) in [5, 5.41) is 3.30. The van der Waals surface area contributed by atoms with Crippen LogP contribution in [-0.4, -0.2) is 50.6 Å². The van der Waals surface area contributed by atoms with Crippen molar-refractivity contribution in [2.24, 2.45) is 0 Å². The van der Waals surface area contributed by atoms with E-state index in [1.165, 1.54) is 6.42 Å². The highest BCUT2D eigenvalue weighted by atomic mass is 35.5. The van der Waals surface area contributed by atoms with Crippen molar-refractivity contribution in [3.63, 3.8) is 0 Å². The Morgan fingerprint density at radius 3 is 2.75 bits per heavy atom. The number of nitrogens with one attached hydrogen (secondary N) is 1. The molecule has 1 amide bonds. The Kier molecular flexibility index (Phi) is 6.99. The Hall–Kier alpha value is -1.10. The maximum atomic E-state index is 12.3. The fourth-order valence-corrected chi connectivity index (χ4v) is 2.53. The first-order valence-electron chi connectivity index (χ1n) is 6.92. The minimum atomic E-state index is 0. The average molecular weight is 298 g/mol. The Morgan fingerprint density at radius 1 is 1.40 bits per heavy atom. The van der Waals surface area contributed by atoms with Gasteiger partial charge in [-0.3, -0.25) is 9.69 Å². The summed E-state index contributed by atoms with van der Waals surface area (Å²) >= 11 is 0. The molecule has 1 unspecified atom stereocenters. The van der Waals surface area contributed by atoms with Gasteiger partial charge in [-0.05, 0) is 38.6 Å². The van der Waals surface area contributed by atoms with Crippen LogP contribution in [-0.2, 0) is 4.79 Å². The molecule has 0 aliphatic carbocycles. The van der Waals surface area contributed by atoms with E-state index in [-0.39, 0.29) is 18.3 Å². The number of carbonyl (C=O) groups excluding carboxylic acids is 1. The van der Waals surface area contributed by atoms with Gasteiger partial charge >= 0.3 is 0 Å². The van der Waals surface area contributed by atoms with Crippen LogP contribution in [0.25, 0.3) is 0 Å². The number of para-hydroxylation sites is 1. The summed E-state index contributed by atoms with van der Waals surface area (Å²) in [4.78, 5) is 16.3. The number of anilines is 1. The fraction of sp³-hybridized carbons (Fsp3) is 0.533. The zero-order chi connectivity index (χ0) is 13.7. The summed E-state index contributed by atoms with van der Waals surface area (Å²) in [5.74, 6) is 0.156. The number of halogens is 1. The third-order valence-electron chi connectivity index (χ3n) is 3.79. The number of benzene rings is 1. The average Bonchev–Trinajstić information content (AvgIpc) is 2.47. The summed E-state index contributed by atoms with van der Waals surface area (Å²) in [6, 6.07) is 10.3. The first kappa shape index (κ1) is 17.0. The lowest BCUT2D eigenvalue weighted by Crippen LogP contribution is -2.48. The third kappa shape index (κ3) is 4.47. The molecule has 112 valence electrons. The Labute approximate surface area is 127 Å². The van der Waals surface area contributed by atoms with Gasteiger partial charge in [0.15, 0.2) is 0 Å². The molecule has 1 heterocycles. The number of carbonyl (C=O) groups is 1. The Morgan fingerprint density at radius 2 is 2.10 bits per heavy atom. The van der Waals surface area contributed by atoms with Crippen molar-refractivity contribution in [2.75, 3.05) is 38.6 Å². The predicted octanol–water partition coefficient (Wildman–Crippen LogP) is 1.75. The monoisotopic (exact) mass is 297 g/mol. The van der Waals surface area contributed by atoms with Gasteiger partial charge in [-0.15, -0.1) is 12.4 Å². The van der Waals surface area contributed by atoms with Crippen molar-refractivity contribution in [1.29, 1.82) is 0 Å². The number of rotatable bonds is 4. The lowest BCUT2D eigenvalue weighted by atomic mass is 10.1. The molecule has 1 N–H and O–H groups in total. The van der Waals surface area contributed by atoms with E-state index < -0.39 is 0 Å². The van der Waals surface area contributed by atoms with E-state index >= 15 is 0 Å². The van der Waals surface area contributed by atoms with Crippen molar-refractivity contribution in [3.05, 3.63) is 30.3 Å². The highest BCUT2D eigenvalue weighted by molar-refractivity contribution is 5.94. The number of piperidine rings is 1. The van der Waals surface area contributed by atoms with Crippen LogP contribution < -0.4 is 10.2 Å². The summed E-state index contributed by atoms with van der Waals surface area (Å²) in [5.41, 5.74) is 0.953. The van der Waals surface area contributed by atoms with Crippen LogP contribution in [0.15, 0.2) is 30.3 Å². The summed E-state index contributed by atoms with van der Waals surface area (Å²) in [7, 11) is 3.84. The van der Waals surface area contributed by atoms with Crippen LogP contribution in [0.1, 0.15) is 12.8 Å².